The number of carbonyl (C=O) groups excluding carboxylic acids is 2. The first-order chi connectivity index (χ1) is 11.1. The first-order valence-electron chi connectivity index (χ1n) is 7.27. The molecule has 4 heteroatoms. The second-order valence-electron chi connectivity index (χ2n) is 5.72. The number of rotatable bonds is 1. The van der Waals surface area contributed by atoms with Crippen molar-refractivity contribution in [2.75, 3.05) is 0 Å². The number of carbonyl (C=O) groups is 2. The molecule has 3 aromatic rings. The lowest BCUT2D eigenvalue weighted by molar-refractivity contribution is 0.0996. The molecule has 0 radical (unpaired) electrons. The first kappa shape index (κ1) is 13.5. The SMILES string of the molecule is NC(=O)c1ccc2cc3c(cc2c1O)C(=O)c1ccccc1C3. The topological polar surface area (TPSA) is 80.4 Å². The van der Waals surface area contributed by atoms with E-state index in [1.165, 1.54) is 6.07 Å². The molecule has 0 saturated carbocycles. The number of benzene rings is 3. The smallest absolute Gasteiger partial charge is 0.252 e. The molecule has 0 fully saturated rings. The highest BCUT2D eigenvalue weighted by molar-refractivity contribution is 6.15. The molecule has 4 rings (SSSR count). The Labute approximate surface area is 132 Å². The number of amides is 1. The van der Waals surface area contributed by atoms with Crippen LogP contribution in [0.25, 0.3) is 10.8 Å². The van der Waals surface area contributed by atoms with Gasteiger partial charge in [0.2, 0.25) is 0 Å². The van der Waals surface area contributed by atoms with Gasteiger partial charge in [-0.3, -0.25) is 9.59 Å². The van der Waals surface area contributed by atoms with Crippen LogP contribution in [0.5, 0.6) is 5.75 Å². The van der Waals surface area contributed by atoms with Crippen LogP contribution in [0, 0.1) is 0 Å². The number of primary amides is 1. The molecule has 4 nitrogen and oxygen atoms in total. The van der Waals surface area contributed by atoms with Crippen LogP contribution in [0.3, 0.4) is 0 Å². The maximum Gasteiger partial charge on any atom is 0.252 e. The molecular weight excluding hydrogens is 290 g/mol. The Morgan fingerprint density at radius 2 is 1.78 bits per heavy atom. The zero-order chi connectivity index (χ0) is 16.1. The van der Waals surface area contributed by atoms with Gasteiger partial charge in [0.15, 0.2) is 5.78 Å². The molecule has 0 spiro atoms. The van der Waals surface area contributed by atoms with Crippen molar-refractivity contribution in [3.05, 3.63) is 76.3 Å². The third-order valence-corrected chi connectivity index (χ3v) is 4.37. The van der Waals surface area contributed by atoms with E-state index >= 15 is 0 Å². The molecule has 112 valence electrons. The molecule has 0 heterocycles. The van der Waals surface area contributed by atoms with Crippen LogP contribution in [0.4, 0.5) is 0 Å². The van der Waals surface area contributed by atoms with Crippen molar-refractivity contribution < 1.29 is 14.7 Å². The summed E-state index contributed by atoms with van der Waals surface area (Å²) in [5.41, 5.74) is 8.50. The third-order valence-electron chi connectivity index (χ3n) is 4.37. The number of aromatic hydroxyl groups is 1. The average Bonchev–Trinajstić information content (AvgIpc) is 2.54. The fraction of sp³-hybridized carbons (Fsp3) is 0.0526. The maximum absolute atomic E-state index is 12.7. The molecule has 3 N–H and O–H groups in total. The fourth-order valence-corrected chi connectivity index (χ4v) is 3.21. The van der Waals surface area contributed by atoms with Crippen molar-refractivity contribution in [2.45, 2.75) is 6.42 Å². The highest BCUT2D eigenvalue weighted by Crippen LogP contribution is 2.35. The molecule has 0 bridgehead atoms. The van der Waals surface area contributed by atoms with Gasteiger partial charge in [0.05, 0.1) is 5.56 Å². The zero-order valence-electron chi connectivity index (χ0n) is 12.2. The lowest BCUT2D eigenvalue weighted by Crippen LogP contribution is -2.15. The van der Waals surface area contributed by atoms with E-state index in [-0.39, 0.29) is 17.1 Å². The Kier molecular flexibility index (Phi) is 2.75. The first-order valence-corrected chi connectivity index (χ1v) is 7.27. The summed E-state index contributed by atoms with van der Waals surface area (Å²) in [5, 5.41) is 11.5. The van der Waals surface area contributed by atoms with Gasteiger partial charge in [0, 0.05) is 16.5 Å². The third kappa shape index (κ3) is 1.92. The summed E-state index contributed by atoms with van der Waals surface area (Å²) in [6.07, 6.45) is 0.672. The summed E-state index contributed by atoms with van der Waals surface area (Å²) in [6, 6.07) is 14.3. The molecule has 1 aliphatic rings. The minimum absolute atomic E-state index is 0.0566. The Hall–Kier alpha value is -3.14. The minimum atomic E-state index is -0.696. The minimum Gasteiger partial charge on any atom is -0.506 e. The second kappa shape index (κ2) is 4.68. The van der Waals surface area contributed by atoms with Gasteiger partial charge in [-0.05, 0) is 41.1 Å². The van der Waals surface area contributed by atoms with Crippen molar-refractivity contribution in [2.24, 2.45) is 5.73 Å². The molecule has 0 aromatic heterocycles. The summed E-state index contributed by atoms with van der Waals surface area (Å²) in [6.45, 7) is 0. The average molecular weight is 303 g/mol. The van der Waals surface area contributed by atoms with Crippen LogP contribution in [0.15, 0.2) is 48.5 Å². The van der Waals surface area contributed by atoms with Crippen LogP contribution in [0.1, 0.15) is 37.4 Å². The molecular formula is C19H13NO3. The summed E-state index contributed by atoms with van der Waals surface area (Å²) >= 11 is 0. The lowest BCUT2D eigenvalue weighted by atomic mass is 9.83. The van der Waals surface area contributed by atoms with E-state index in [1.807, 2.05) is 30.3 Å². The van der Waals surface area contributed by atoms with Crippen molar-refractivity contribution in [1.29, 1.82) is 0 Å². The molecule has 1 aliphatic carbocycles. The predicted molar refractivity (Wildman–Crippen MR) is 86.8 cm³/mol. The predicted octanol–water partition coefficient (Wildman–Crippen LogP) is 2.78. The monoisotopic (exact) mass is 303 g/mol. The van der Waals surface area contributed by atoms with E-state index < -0.39 is 5.91 Å². The quantitative estimate of drug-likeness (QED) is 0.567. The van der Waals surface area contributed by atoms with E-state index in [9.17, 15) is 14.7 Å². The van der Waals surface area contributed by atoms with Crippen LogP contribution in [-0.4, -0.2) is 16.8 Å². The second-order valence-corrected chi connectivity index (χ2v) is 5.72. The highest BCUT2D eigenvalue weighted by Gasteiger charge is 2.24. The van der Waals surface area contributed by atoms with Gasteiger partial charge in [0.1, 0.15) is 5.75 Å². The molecule has 0 atom stereocenters. The number of ketones is 1. The standard InChI is InChI=1S/C19H13NO3/c20-19(23)14-6-5-11-8-12-7-10-3-1-2-4-13(10)17(21)16(12)9-15(11)18(14)22/h1-6,8-9,22H,7H2,(H2,20,23). The summed E-state index contributed by atoms with van der Waals surface area (Å²) in [5.74, 6) is -0.934. The molecule has 1 amide bonds. The Bertz CT molecular complexity index is 1000. The Morgan fingerprint density at radius 1 is 1.00 bits per heavy atom. The van der Waals surface area contributed by atoms with Crippen LogP contribution >= 0.6 is 0 Å². The normalized spacial score (nSPS) is 12.8. The van der Waals surface area contributed by atoms with Gasteiger partial charge in [-0.25, -0.2) is 0 Å². The van der Waals surface area contributed by atoms with Gasteiger partial charge >= 0.3 is 0 Å². The molecule has 3 aromatic carbocycles. The van der Waals surface area contributed by atoms with Gasteiger partial charge < -0.3 is 10.8 Å². The Morgan fingerprint density at radius 3 is 2.57 bits per heavy atom. The fourth-order valence-electron chi connectivity index (χ4n) is 3.21. The lowest BCUT2D eigenvalue weighted by Gasteiger charge is -2.19. The molecule has 0 saturated heterocycles. The molecule has 23 heavy (non-hydrogen) atoms. The van der Waals surface area contributed by atoms with E-state index in [4.69, 9.17) is 5.73 Å². The number of hydrogen-bond donors (Lipinski definition) is 2. The largest absolute Gasteiger partial charge is 0.506 e. The highest BCUT2D eigenvalue weighted by atomic mass is 16.3. The number of nitrogens with two attached hydrogens (primary N) is 1. The maximum atomic E-state index is 12.7. The van der Waals surface area contributed by atoms with E-state index in [0.29, 0.717) is 22.9 Å². The van der Waals surface area contributed by atoms with Gasteiger partial charge in [-0.15, -0.1) is 0 Å². The Balaban J connectivity index is 1.99. The molecule has 0 unspecified atom stereocenters. The van der Waals surface area contributed by atoms with E-state index in [1.54, 1.807) is 12.1 Å². The summed E-state index contributed by atoms with van der Waals surface area (Å²) in [4.78, 5) is 24.1. The van der Waals surface area contributed by atoms with Gasteiger partial charge in [-0.2, -0.15) is 0 Å². The van der Waals surface area contributed by atoms with Crippen molar-refractivity contribution in [3.63, 3.8) is 0 Å². The van der Waals surface area contributed by atoms with Crippen LogP contribution in [0.2, 0.25) is 0 Å². The van der Waals surface area contributed by atoms with Crippen molar-refractivity contribution in [1.82, 2.24) is 0 Å². The number of hydrogen-bond acceptors (Lipinski definition) is 3. The molecule has 0 aliphatic heterocycles. The summed E-state index contributed by atoms with van der Waals surface area (Å²) < 4.78 is 0. The van der Waals surface area contributed by atoms with Crippen LogP contribution in [-0.2, 0) is 6.42 Å². The summed E-state index contributed by atoms with van der Waals surface area (Å²) in [7, 11) is 0. The van der Waals surface area contributed by atoms with Gasteiger partial charge in [-0.1, -0.05) is 30.3 Å². The van der Waals surface area contributed by atoms with E-state index in [0.717, 1.165) is 16.5 Å². The zero-order valence-corrected chi connectivity index (χ0v) is 12.2. The van der Waals surface area contributed by atoms with Gasteiger partial charge in [0.25, 0.3) is 5.91 Å². The van der Waals surface area contributed by atoms with Crippen LogP contribution < -0.4 is 5.73 Å². The van der Waals surface area contributed by atoms with Crippen molar-refractivity contribution in [3.8, 4) is 5.75 Å². The number of phenols is 1. The van der Waals surface area contributed by atoms with E-state index in [2.05, 4.69) is 0 Å². The number of fused-ring (bicyclic) bond motifs is 3. The van der Waals surface area contributed by atoms with Crippen molar-refractivity contribution >= 4 is 22.5 Å².